The number of hydrogen-bond acceptors (Lipinski definition) is 6. The van der Waals surface area contributed by atoms with E-state index in [2.05, 4.69) is 20.0 Å². The summed E-state index contributed by atoms with van der Waals surface area (Å²) in [5, 5.41) is 5.99. The third-order valence-electron chi connectivity index (χ3n) is 3.73. The van der Waals surface area contributed by atoms with Crippen LogP contribution in [0.25, 0.3) is 11.4 Å². The van der Waals surface area contributed by atoms with Gasteiger partial charge in [0.15, 0.2) is 0 Å². The zero-order chi connectivity index (χ0) is 20.3. The lowest BCUT2D eigenvalue weighted by molar-refractivity contribution is -0.159. The van der Waals surface area contributed by atoms with Crippen molar-refractivity contribution < 1.29 is 32.0 Å². The van der Waals surface area contributed by atoms with Crippen LogP contribution in [0.1, 0.15) is 16.2 Å². The summed E-state index contributed by atoms with van der Waals surface area (Å²) in [6.07, 6.45) is -4.72. The number of aromatic nitrogens is 2. The number of ether oxygens (including phenoxy) is 2. The summed E-state index contributed by atoms with van der Waals surface area (Å²) < 4.78 is 52.1. The lowest BCUT2D eigenvalue weighted by atomic mass is 10.1. The van der Waals surface area contributed by atoms with Gasteiger partial charge in [0.2, 0.25) is 5.82 Å². The first-order valence-electron chi connectivity index (χ1n) is 7.86. The van der Waals surface area contributed by atoms with E-state index in [4.69, 9.17) is 9.47 Å². The smallest absolute Gasteiger partial charge is 0.471 e. The largest absolute Gasteiger partial charge is 0.497 e. The molecular weight excluding hydrogens is 379 g/mol. The molecule has 0 radical (unpaired) electrons. The number of methoxy groups -OCH3 is 2. The topological polar surface area (TPSA) is 86.5 Å². The van der Waals surface area contributed by atoms with Gasteiger partial charge >= 0.3 is 12.1 Å². The summed E-state index contributed by atoms with van der Waals surface area (Å²) in [5.41, 5.74) is 0.951. The van der Waals surface area contributed by atoms with Crippen molar-refractivity contribution in [2.24, 2.45) is 0 Å². The number of carbonyl (C=O) groups excluding carboxylic acids is 1. The zero-order valence-electron chi connectivity index (χ0n) is 14.7. The van der Waals surface area contributed by atoms with Crippen LogP contribution >= 0.6 is 0 Å². The van der Waals surface area contributed by atoms with Gasteiger partial charge in [0.05, 0.1) is 19.9 Å². The second-order valence-corrected chi connectivity index (χ2v) is 5.52. The maximum absolute atomic E-state index is 12.5. The molecule has 7 nitrogen and oxygen atoms in total. The predicted octanol–water partition coefficient (Wildman–Crippen LogP) is 4.02. The second-order valence-electron chi connectivity index (χ2n) is 5.52. The van der Waals surface area contributed by atoms with Gasteiger partial charge in [-0.2, -0.15) is 18.2 Å². The fourth-order valence-corrected chi connectivity index (χ4v) is 2.33. The standard InChI is InChI=1S/C18H14F3N3O4/c1-26-12-7-8-14(27-2)13(9-12)22-16(25)11-5-3-10(4-6-11)15-23-17(28-24-15)18(19,20)21/h3-9H,1-2H3,(H,22,25). The highest BCUT2D eigenvalue weighted by molar-refractivity contribution is 6.05. The number of hydrogen-bond donors (Lipinski definition) is 1. The number of halogens is 3. The van der Waals surface area contributed by atoms with Gasteiger partial charge in [-0.15, -0.1) is 0 Å². The van der Waals surface area contributed by atoms with E-state index in [1.165, 1.54) is 38.5 Å². The predicted molar refractivity (Wildman–Crippen MR) is 92.2 cm³/mol. The van der Waals surface area contributed by atoms with Crippen LogP contribution in [0.15, 0.2) is 47.0 Å². The Labute approximate surface area is 157 Å². The Hall–Kier alpha value is -3.56. The molecule has 1 N–H and O–H groups in total. The van der Waals surface area contributed by atoms with E-state index < -0.39 is 18.0 Å². The lowest BCUT2D eigenvalue weighted by Crippen LogP contribution is -2.12. The average molecular weight is 393 g/mol. The molecule has 3 aromatic rings. The van der Waals surface area contributed by atoms with E-state index in [1.54, 1.807) is 18.2 Å². The number of nitrogens with zero attached hydrogens (tertiary/aromatic N) is 2. The van der Waals surface area contributed by atoms with E-state index in [-0.39, 0.29) is 17.0 Å². The molecule has 2 aromatic carbocycles. The van der Waals surface area contributed by atoms with Gasteiger partial charge < -0.3 is 19.3 Å². The van der Waals surface area contributed by atoms with Crippen LogP contribution in [0.3, 0.4) is 0 Å². The van der Waals surface area contributed by atoms with Gasteiger partial charge in [-0.3, -0.25) is 4.79 Å². The summed E-state index contributed by atoms with van der Waals surface area (Å²) in [4.78, 5) is 15.8. The van der Waals surface area contributed by atoms with Gasteiger partial charge in [0, 0.05) is 17.2 Å². The van der Waals surface area contributed by atoms with Gasteiger partial charge in [-0.05, 0) is 24.3 Å². The number of nitrogens with one attached hydrogen (secondary N) is 1. The van der Waals surface area contributed by atoms with E-state index in [1.807, 2.05) is 0 Å². The van der Waals surface area contributed by atoms with Crippen LogP contribution in [-0.4, -0.2) is 30.3 Å². The molecule has 0 fully saturated rings. The number of anilines is 1. The van der Waals surface area contributed by atoms with Gasteiger partial charge in [-0.1, -0.05) is 17.3 Å². The molecule has 1 heterocycles. The number of rotatable bonds is 5. The highest BCUT2D eigenvalue weighted by Crippen LogP contribution is 2.30. The lowest BCUT2D eigenvalue weighted by Gasteiger charge is -2.12. The number of benzene rings is 2. The van der Waals surface area contributed by atoms with Crippen molar-refractivity contribution in [1.29, 1.82) is 0 Å². The molecule has 1 amide bonds. The molecule has 0 bridgehead atoms. The second kappa shape index (κ2) is 7.59. The molecule has 28 heavy (non-hydrogen) atoms. The van der Waals surface area contributed by atoms with Crippen molar-refractivity contribution in [2.75, 3.05) is 19.5 Å². The monoisotopic (exact) mass is 393 g/mol. The summed E-state index contributed by atoms with van der Waals surface area (Å²) >= 11 is 0. The van der Waals surface area contributed by atoms with Gasteiger partial charge in [0.1, 0.15) is 11.5 Å². The van der Waals surface area contributed by atoms with E-state index in [9.17, 15) is 18.0 Å². The van der Waals surface area contributed by atoms with E-state index >= 15 is 0 Å². The highest BCUT2D eigenvalue weighted by atomic mass is 19.4. The summed E-state index contributed by atoms with van der Waals surface area (Å²) in [6.45, 7) is 0. The minimum Gasteiger partial charge on any atom is -0.497 e. The van der Waals surface area contributed by atoms with Crippen LogP contribution in [0.5, 0.6) is 11.5 Å². The Balaban J connectivity index is 1.78. The Morgan fingerprint density at radius 2 is 1.79 bits per heavy atom. The quantitative estimate of drug-likeness (QED) is 0.705. The van der Waals surface area contributed by atoms with Crippen molar-refractivity contribution in [3.8, 4) is 22.9 Å². The van der Waals surface area contributed by atoms with Crippen molar-refractivity contribution in [1.82, 2.24) is 10.1 Å². The van der Waals surface area contributed by atoms with Crippen molar-refractivity contribution in [2.45, 2.75) is 6.18 Å². The van der Waals surface area contributed by atoms with Crippen LogP contribution in [-0.2, 0) is 6.18 Å². The molecule has 0 spiro atoms. The maximum Gasteiger partial charge on any atom is 0.471 e. The molecule has 0 aliphatic rings. The molecule has 0 aliphatic heterocycles. The molecule has 0 atom stereocenters. The van der Waals surface area contributed by atoms with Gasteiger partial charge in [-0.25, -0.2) is 0 Å². The summed E-state index contributed by atoms with van der Waals surface area (Å²) in [7, 11) is 2.96. The molecular formula is C18H14F3N3O4. The molecule has 0 unspecified atom stereocenters. The zero-order valence-corrected chi connectivity index (χ0v) is 14.7. The highest BCUT2D eigenvalue weighted by Gasteiger charge is 2.38. The average Bonchev–Trinajstić information content (AvgIpc) is 3.18. The Morgan fingerprint density at radius 3 is 2.36 bits per heavy atom. The molecule has 0 aliphatic carbocycles. The van der Waals surface area contributed by atoms with E-state index in [0.717, 1.165) is 0 Å². The Morgan fingerprint density at radius 1 is 1.07 bits per heavy atom. The number of amides is 1. The molecule has 0 saturated heterocycles. The summed E-state index contributed by atoms with van der Waals surface area (Å²) in [5.74, 6) is -1.13. The Bertz CT molecular complexity index is 984. The van der Waals surface area contributed by atoms with Crippen molar-refractivity contribution >= 4 is 11.6 Å². The van der Waals surface area contributed by atoms with Crippen molar-refractivity contribution in [3.63, 3.8) is 0 Å². The molecule has 146 valence electrons. The summed E-state index contributed by atoms with van der Waals surface area (Å²) in [6, 6.07) is 10.6. The molecule has 10 heteroatoms. The fraction of sp³-hybridized carbons (Fsp3) is 0.167. The first kappa shape index (κ1) is 19.2. The third kappa shape index (κ3) is 4.05. The number of carbonyl (C=O) groups is 1. The molecule has 1 aromatic heterocycles. The third-order valence-corrected chi connectivity index (χ3v) is 3.73. The first-order chi connectivity index (χ1) is 13.3. The molecule has 3 rings (SSSR count). The SMILES string of the molecule is COc1ccc(OC)c(NC(=O)c2ccc(-c3noc(C(F)(F)F)n3)cc2)c1. The van der Waals surface area contributed by atoms with E-state index in [0.29, 0.717) is 17.2 Å². The maximum atomic E-state index is 12.5. The fourth-order valence-electron chi connectivity index (χ4n) is 2.33. The van der Waals surface area contributed by atoms with Crippen molar-refractivity contribution in [3.05, 3.63) is 53.9 Å². The van der Waals surface area contributed by atoms with Crippen LogP contribution in [0, 0.1) is 0 Å². The van der Waals surface area contributed by atoms with Crippen LogP contribution in [0.4, 0.5) is 18.9 Å². The van der Waals surface area contributed by atoms with Gasteiger partial charge in [0.25, 0.3) is 5.91 Å². The normalized spacial score (nSPS) is 11.2. The first-order valence-corrected chi connectivity index (χ1v) is 7.86. The minimum atomic E-state index is -4.72. The minimum absolute atomic E-state index is 0.228. The number of alkyl halides is 3. The van der Waals surface area contributed by atoms with Crippen LogP contribution in [0.2, 0.25) is 0 Å². The van der Waals surface area contributed by atoms with Crippen LogP contribution < -0.4 is 14.8 Å². The Kier molecular flexibility index (Phi) is 5.21. The molecule has 0 saturated carbocycles.